The van der Waals surface area contributed by atoms with Crippen LogP contribution in [-0.2, 0) is 17.1 Å². The highest BCUT2D eigenvalue weighted by Gasteiger charge is 2.24. The summed E-state index contributed by atoms with van der Waals surface area (Å²) in [5.41, 5.74) is 5.48. The molecule has 1 aromatic rings. The minimum atomic E-state index is -3.52. The summed E-state index contributed by atoms with van der Waals surface area (Å²) in [5, 5.41) is 4.02. The van der Waals surface area contributed by atoms with Gasteiger partial charge in [-0.05, 0) is 24.9 Å². The van der Waals surface area contributed by atoms with Crippen molar-refractivity contribution in [1.82, 2.24) is 14.5 Å². The highest BCUT2D eigenvalue weighted by molar-refractivity contribution is 7.89. The van der Waals surface area contributed by atoms with Gasteiger partial charge in [0.05, 0.1) is 6.20 Å². The standard InChI is InChI=1S/C10H20N4O2S/c1-8(2)9(4-6-11)13-17(15,16)10-5-7-12-14(10)3/h5,7-9,13H,4,6,11H2,1-3H3. The number of rotatable bonds is 6. The average molecular weight is 260 g/mol. The summed E-state index contributed by atoms with van der Waals surface area (Å²) in [7, 11) is -1.92. The Bertz CT molecular complexity index is 453. The summed E-state index contributed by atoms with van der Waals surface area (Å²) in [6, 6.07) is 1.32. The van der Waals surface area contributed by atoms with Crippen LogP contribution in [0.1, 0.15) is 20.3 Å². The van der Waals surface area contributed by atoms with Crippen molar-refractivity contribution in [2.24, 2.45) is 18.7 Å². The lowest BCUT2D eigenvalue weighted by Crippen LogP contribution is -2.40. The number of aromatic nitrogens is 2. The highest BCUT2D eigenvalue weighted by atomic mass is 32.2. The number of nitrogens with one attached hydrogen (secondary N) is 1. The number of nitrogens with two attached hydrogens (primary N) is 1. The third-order valence-electron chi connectivity index (χ3n) is 2.64. The zero-order valence-corrected chi connectivity index (χ0v) is 11.2. The van der Waals surface area contributed by atoms with E-state index in [2.05, 4.69) is 9.82 Å². The van der Waals surface area contributed by atoms with Gasteiger partial charge in [-0.3, -0.25) is 4.68 Å². The molecule has 0 bridgehead atoms. The van der Waals surface area contributed by atoms with Crippen molar-refractivity contribution in [1.29, 1.82) is 0 Å². The predicted octanol–water partition coefficient (Wildman–Crippen LogP) is 0.0718. The van der Waals surface area contributed by atoms with Crippen LogP contribution in [0.25, 0.3) is 0 Å². The second-order valence-electron chi connectivity index (χ2n) is 4.34. The molecule has 0 aliphatic carbocycles. The van der Waals surface area contributed by atoms with Gasteiger partial charge < -0.3 is 5.73 Å². The molecular formula is C10H20N4O2S. The fraction of sp³-hybridized carbons (Fsp3) is 0.700. The lowest BCUT2D eigenvalue weighted by atomic mass is 10.0. The predicted molar refractivity (Wildman–Crippen MR) is 65.8 cm³/mol. The highest BCUT2D eigenvalue weighted by Crippen LogP contribution is 2.12. The molecule has 0 amide bonds. The van der Waals surface area contributed by atoms with Gasteiger partial charge in [0.1, 0.15) is 0 Å². The summed E-state index contributed by atoms with van der Waals surface area (Å²) >= 11 is 0. The number of sulfonamides is 1. The van der Waals surface area contributed by atoms with Gasteiger partial charge in [0, 0.05) is 13.1 Å². The van der Waals surface area contributed by atoms with E-state index in [0.29, 0.717) is 13.0 Å². The van der Waals surface area contributed by atoms with E-state index < -0.39 is 10.0 Å². The molecule has 0 aliphatic heterocycles. The van der Waals surface area contributed by atoms with Crippen molar-refractivity contribution >= 4 is 10.0 Å². The molecule has 0 aliphatic rings. The first-order valence-electron chi connectivity index (χ1n) is 5.59. The van der Waals surface area contributed by atoms with Crippen LogP contribution in [0, 0.1) is 5.92 Å². The van der Waals surface area contributed by atoms with Crippen molar-refractivity contribution in [3.05, 3.63) is 12.3 Å². The molecule has 0 radical (unpaired) electrons. The van der Waals surface area contributed by atoms with Crippen LogP contribution in [0.5, 0.6) is 0 Å². The van der Waals surface area contributed by atoms with Gasteiger partial charge in [0.2, 0.25) is 0 Å². The van der Waals surface area contributed by atoms with E-state index in [1.165, 1.54) is 16.9 Å². The molecule has 0 saturated carbocycles. The Balaban J connectivity index is 2.89. The minimum Gasteiger partial charge on any atom is -0.330 e. The van der Waals surface area contributed by atoms with Gasteiger partial charge in [-0.15, -0.1) is 0 Å². The van der Waals surface area contributed by atoms with Crippen molar-refractivity contribution < 1.29 is 8.42 Å². The van der Waals surface area contributed by atoms with Crippen molar-refractivity contribution in [3.63, 3.8) is 0 Å². The first-order valence-corrected chi connectivity index (χ1v) is 7.07. The summed E-state index contributed by atoms with van der Waals surface area (Å²) in [5.74, 6) is 0.196. The Labute approximate surface area is 102 Å². The van der Waals surface area contributed by atoms with Gasteiger partial charge in [0.25, 0.3) is 10.0 Å². The van der Waals surface area contributed by atoms with Crippen LogP contribution < -0.4 is 10.5 Å². The Hall–Kier alpha value is -0.920. The molecule has 1 rings (SSSR count). The van der Waals surface area contributed by atoms with Crippen LogP contribution >= 0.6 is 0 Å². The molecule has 3 N–H and O–H groups in total. The van der Waals surface area contributed by atoms with Gasteiger partial charge in [0.15, 0.2) is 5.03 Å². The molecule has 1 unspecified atom stereocenters. The fourth-order valence-electron chi connectivity index (χ4n) is 1.59. The molecule has 17 heavy (non-hydrogen) atoms. The first-order chi connectivity index (χ1) is 7.88. The number of aryl methyl sites for hydroxylation is 1. The van der Waals surface area contributed by atoms with Crippen LogP contribution in [0.3, 0.4) is 0 Å². The maximum Gasteiger partial charge on any atom is 0.257 e. The van der Waals surface area contributed by atoms with Gasteiger partial charge in [-0.2, -0.15) is 5.10 Å². The van der Waals surface area contributed by atoms with E-state index in [-0.39, 0.29) is 17.0 Å². The molecule has 0 saturated heterocycles. The van der Waals surface area contributed by atoms with E-state index >= 15 is 0 Å². The van der Waals surface area contributed by atoms with Crippen LogP contribution in [0.15, 0.2) is 17.3 Å². The van der Waals surface area contributed by atoms with Gasteiger partial charge >= 0.3 is 0 Å². The van der Waals surface area contributed by atoms with Crippen molar-refractivity contribution in [2.45, 2.75) is 31.3 Å². The zero-order valence-electron chi connectivity index (χ0n) is 10.4. The average Bonchev–Trinajstić information content (AvgIpc) is 2.64. The maximum absolute atomic E-state index is 12.1. The minimum absolute atomic E-state index is 0.153. The van der Waals surface area contributed by atoms with E-state index in [4.69, 9.17) is 5.73 Å². The Morgan fingerprint density at radius 1 is 1.53 bits per heavy atom. The SMILES string of the molecule is CC(C)C(CCN)NS(=O)(=O)c1ccnn1C. The molecular weight excluding hydrogens is 240 g/mol. The molecule has 1 atom stereocenters. The fourth-order valence-corrected chi connectivity index (χ4v) is 3.14. The molecule has 0 fully saturated rings. The van der Waals surface area contributed by atoms with E-state index in [1.807, 2.05) is 13.8 Å². The van der Waals surface area contributed by atoms with Crippen LogP contribution in [0.2, 0.25) is 0 Å². The number of nitrogens with zero attached hydrogens (tertiary/aromatic N) is 2. The van der Waals surface area contributed by atoms with Crippen LogP contribution in [-0.4, -0.2) is 30.8 Å². The lowest BCUT2D eigenvalue weighted by Gasteiger charge is -2.21. The molecule has 7 heteroatoms. The summed E-state index contributed by atoms with van der Waals surface area (Å²) in [6.07, 6.45) is 2.08. The monoisotopic (exact) mass is 260 g/mol. The molecule has 98 valence electrons. The quantitative estimate of drug-likeness (QED) is 0.757. The summed E-state index contributed by atoms with van der Waals surface area (Å²) in [4.78, 5) is 0. The normalized spacial score (nSPS) is 14.2. The Kier molecular flexibility index (Phi) is 4.67. The third kappa shape index (κ3) is 3.52. The topological polar surface area (TPSA) is 90.0 Å². The van der Waals surface area contributed by atoms with Crippen molar-refractivity contribution in [2.75, 3.05) is 6.54 Å². The second-order valence-corrected chi connectivity index (χ2v) is 6.00. The number of hydrogen-bond donors (Lipinski definition) is 2. The maximum atomic E-state index is 12.1. The van der Waals surface area contributed by atoms with Crippen LogP contribution in [0.4, 0.5) is 0 Å². The molecule has 0 aromatic carbocycles. The largest absolute Gasteiger partial charge is 0.330 e. The lowest BCUT2D eigenvalue weighted by molar-refractivity contribution is 0.426. The van der Waals surface area contributed by atoms with E-state index in [9.17, 15) is 8.42 Å². The first kappa shape index (κ1) is 14.1. The van der Waals surface area contributed by atoms with Gasteiger partial charge in [-0.1, -0.05) is 13.8 Å². The third-order valence-corrected chi connectivity index (χ3v) is 4.20. The van der Waals surface area contributed by atoms with Gasteiger partial charge in [-0.25, -0.2) is 13.1 Å². The molecule has 1 aromatic heterocycles. The number of hydrogen-bond acceptors (Lipinski definition) is 4. The van der Waals surface area contributed by atoms with E-state index in [1.54, 1.807) is 7.05 Å². The molecule has 1 heterocycles. The van der Waals surface area contributed by atoms with E-state index in [0.717, 1.165) is 0 Å². The Morgan fingerprint density at radius 2 is 2.18 bits per heavy atom. The molecule has 6 nitrogen and oxygen atoms in total. The summed E-state index contributed by atoms with van der Waals surface area (Å²) < 4.78 is 28.2. The van der Waals surface area contributed by atoms with Crippen molar-refractivity contribution in [3.8, 4) is 0 Å². The zero-order chi connectivity index (χ0) is 13.1. The molecule has 0 spiro atoms. The summed E-state index contributed by atoms with van der Waals surface area (Å²) in [6.45, 7) is 4.38. The smallest absolute Gasteiger partial charge is 0.257 e. The Morgan fingerprint density at radius 3 is 2.59 bits per heavy atom. The second kappa shape index (κ2) is 5.61.